The first-order valence-corrected chi connectivity index (χ1v) is 10.2. The molecule has 0 aliphatic carbocycles. The summed E-state index contributed by atoms with van der Waals surface area (Å²) in [7, 11) is 0. The fourth-order valence-electron chi connectivity index (χ4n) is 3.99. The molecular weight excluding hydrogens is 420 g/mol. The second-order valence-electron chi connectivity index (χ2n) is 8.15. The Labute approximate surface area is 187 Å². The Balaban J connectivity index is 6.67. The van der Waals surface area contributed by atoms with Crippen LogP contribution >= 0.6 is 0 Å². The van der Waals surface area contributed by atoms with Gasteiger partial charge >= 0.3 is 0 Å². The van der Waals surface area contributed by atoms with Gasteiger partial charge in [0, 0.05) is 56.4 Å². The van der Waals surface area contributed by atoms with Crippen LogP contribution < -0.4 is 10.6 Å². The number of rotatable bonds is 13. The first-order valence-electron chi connectivity index (χ1n) is 10.2. The fraction of sp³-hybridized carbons (Fsp3) is 0.636. The lowest BCUT2D eigenvalue weighted by Gasteiger charge is -2.37. The molecule has 0 saturated carbocycles. The number of hydrogen-bond donors (Lipinski definition) is 2. The molecule has 0 aliphatic rings. The van der Waals surface area contributed by atoms with E-state index in [0.29, 0.717) is 0 Å². The Bertz CT molecular complexity index is 817. The van der Waals surface area contributed by atoms with Crippen molar-refractivity contribution in [2.75, 3.05) is 0 Å². The molecule has 0 radical (unpaired) electrons. The van der Waals surface area contributed by atoms with Gasteiger partial charge in [-0.1, -0.05) is 0 Å². The predicted molar refractivity (Wildman–Crippen MR) is 113 cm³/mol. The molecule has 10 nitrogen and oxygen atoms in total. The van der Waals surface area contributed by atoms with Crippen molar-refractivity contribution in [2.45, 2.75) is 67.3 Å². The standard InChI is InChI=1S/C22H32N2O8/c1-10(25)8-17(11(2)26)20(13(4)28)21(14(5)29)22(24-16(7)31)18(12(3)27)9-19(32)23-15(6)30/h17-18,20-22H,8-9H2,1-7H3,(H,24,31)(H,23,30,32)/t17-,18+,20-,21+,22+/m0/s1. The molecule has 0 heterocycles. The van der Waals surface area contributed by atoms with Gasteiger partial charge in [0.2, 0.25) is 17.7 Å². The lowest BCUT2D eigenvalue weighted by Crippen LogP contribution is -2.55. The van der Waals surface area contributed by atoms with Gasteiger partial charge in [0.25, 0.3) is 0 Å². The van der Waals surface area contributed by atoms with Crippen LogP contribution in [0.4, 0.5) is 0 Å². The molecule has 0 rings (SSSR count). The van der Waals surface area contributed by atoms with Crippen molar-refractivity contribution in [3.8, 4) is 0 Å². The minimum Gasteiger partial charge on any atom is -0.352 e. The molecule has 10 heteroatoms. The number of carbonyl (C=O) groups is 8. The lowest BCUT2D eigenvalue weighted by atomic mass is 9.67. The molecule has 0 spiro atoms. The van der Waals surface area contributed by atoms with Crippen molar-refractivity contribution >= 4 is 46.6 Å². The Morgan fingerprint density at radius 1 is 0.562 bits per heavy atom. The molecule has 5 atom stereocenters. The molecule has 0 aromatic carbocycles. The summed E-state index contributed by atoms with van der Waals surface area (Å²) in [6.45, 7) is 8.13. The maximum atomic E-state index is 12.8. The van der Waals surface area contributed by atoms with Crippen LogP contribution in [0.2, 0.25) is 0 Å². The van der Waals surface area contributed by atoms with Crippen molar-refractivity contribution in [1.29, 1.82) is 0 Å². The number of hydrogen-bond acceptors (Lipinski definition) is 8. The van der Waals surface area contributed by atoms with Crippen molar-refractivity contribution in [3.63, 3.8) is 0 Å². The number of nitrogens with one attached hydrogen (secondary N) is 2. The summed E-state index contributed by atoms with van der Waals surface area (Å²) in [5, 5.41) is 4.52. The zero-order chi connectivity index (χ0) is 25.3. The molecule has 0 fully saturated rings. The average molecular weight is 453 g/mol. The number of amides is 3. The highest BCUT2D eigenvalue weighted by atomic mass is 16.2. The Morgan fingerprint density at radius 3 is 1.34 bits per heavy atom. The molecule has 0 saturated heterocycles. The van der Waals surface area contributed by atoms with Gasteiger partial charge in [-0.25, -0.2) is 0 Å². The second-order valence-corrected chi connectivity index (χ2v) is 8.15. The number of ketones is 5. The van der Waals surface area contributed by atoms with E-state index in [2.05, 4.69) is 5.32 Å². The fourth-order valence-corrected chi connectivity index (χ4v) is 3.99. The van der Waals surface area contributed by atoms with Crippen LogP contribution in [0.1, 0.15) is 61.3 Å². The van der Waals surface area contributed by atoms with Gasteiger partial charge in [0.05, 0.1) is 0 Å². The SMILES string of the molecule is CC(=O)C[C@@H](C(C)=O)[C@H](C(C)=O)[C@@H](C(C)=O)[C@H](NC(C)=O)[C@H](CC(=O)NC(C)=O)C(C)=O. The van der Waals surface area contributed by atoms with Gasteiger partial charge in [0.15, 0.2) is 0 Å². The molecule has 3 amide bonds. The summed E-state index contributed by atoms with van der Waals surface area (Å²) in [4.78, 5) is 97.3. The van der Waals surface area contributed by atoms with E-state index >= 15 is 0 Å². The highest BCUT2D eigenvalue weighted by molar-refractivity contribution is 5.98. The van der Waals surface area contributed by atoms with E-state index in [1.54, 1.807) is 0 Å². The van der Waals surface area contributed by atoms with Gasteiger partial charge < -0.3 is 10.1 Å². The average Bonchev–Trinajstić information content (AvgIpc) is 2.59. The zero-order valence-corrected chi connectivity index (χ0v) is 19.6. The smallest absolute Gasteiger partial charge is 0.227 e. The number of imide groups is 1. The second kappa shape index (κ2) is 12.7. The van der Waals surface area contributed by atoms with E-state index in [1.807, 2.05) is 5.32 Å². The summed E-state index contributed by atoms with van der Waals surface area (Å²) >= 11 is 0. The van der Waals surface area contributed by atoms with Crippen LogP contribution in [-0.4, -0.2) is 52.7 Å². The van der Waals surface area contributed by atoms with Crippen molar-refractivity contribution < 1.29 is 38.4 Å². The van der Waals surface area contributed by atoms with E-state index in [0.717, 1.165) is 34.6 Å². The van der Waals surface area contributed by atoms with Crippen LogP contribution in [-0.2, 0) is 38.4 Å². The zero-order valence-electron chi connectivity index (χ0n) is 19.6. The number of carbonyl (C=O) groups excluding carboxylic acids is 8. The van der Waals surface area contributed by atoms with Crippen LogP contribution in [0.3, 0.4) is 0 Å². The molecule has 32 heavy (non-hydrogen) atoms. The van der Waals surface area contributed by atoms with Crippen LogP contribution in [0.25, 0.3) is 0 Å². The maximum Gasteiger partial charge on any atom is 0.227 e. The van der Waals surface area contributed by atoms with Gasteiger partial charge in [-0.2, -0.15) is 0 Å². The monoisotopic (exact) mass is 452 g/mol. The van der Waals surface area contributed by atoms with Crippen LogP contribution in [0.15, 0.2) is 0 Å². The van der Waals surface area contributed by atoms with Crippen molar-refractivity contribution in [1.82, 2.24) is 10.6 Å². The molecule has 0 unspecified atom stereocenters. The first kappa shape index (κ1) is 29.0. The van der Waals surface area contributed by atoms with Crippen molar-refractivity contribution in [3.05, 3.63) is 0 Å². The molecule has 0 aromatic heterocycles. The third kappa shape index (κ3) is 8.99. The number of Topliss-reactive ketones (excluding diaryl/α,β-unsaturated/α-hetero) is 5. The van der Waals surface area contributed by atoms with Gasteiger partial charge in [0.1, 0.15) is 28.9 Å². The maximum absolute atomic E-state index is 12.8. The van der Waals surface area contributed by atoms with Crippen molar-refractivity contribution in [2.24, 2.45) is 23.7 Å². The van der Waals surface area contributed by atoms with E-state index in [4.69, 9.17) is 0 Å². The van der Waals surface area contributed by atoms with Gasteiger partial charge in [-0.05, 0) is 34.6 Å². The Hall–Kier alpha value is -3.04. The third-order valence-corrected chi connectivity index (χ3v) is 5.22. The Kier molecular flexibility index (Phi) is 11.5. The van der Waals surface area contributed by atoms with Crippen LogP contribution in [0.5, 0.6) is 0 Å². The van der Waals surface area contributed by atoms with E-state index in [1.165, 1.54) is 13.8 Å². The highest BCUT2D eigenvalue weighted by Gasteiger charge is 2.46. The minimum atomic E-state index is -1.36. The highest BCUT2D eigenvalue weighted by Crippen LogP contribution is 2.33. The lowest BCUT2D eigenvalue weighted by molar-refractivity contribution is -0.142. The summed E-state index contributed by atoms with van der Waals surface area (Å²) in [5.41, 5.74) is 0. The van der Waals surface area contributed by atoms with Gasteiger partial charge in [-0.3, -0.25) is 38.9 Å². The minimum absolute atomic E-state index is 0.300. The topological polar surface area (TPSA) is 161 Å². The van der Waals surface area contributed by atoms with E-state index < -0.39 is 77.0 Å². The molecule has 0 aromatic rings. The Morgan fingerprint density at radius 2 is 1.03 bits per heavy atom. The molecular formula is C22H32N2O8. The van der Waals surface area contributed by atoms with Crippen LogP contribution in [0, 0.1) is 23.7 Å². The summed E-state index contributed by atoms with van der Waals surface area (Å²) in [6, 6.07) is -1.32. The normalized spacial score (nSPS) is 15.3. The van der Waals surface area contributed by atoms with E-state index in [9.17, 15) is 38.4 Å². The summed E-state index contributed by atoms with van der Waals surface area (Å²) < 4.78 is 0. The largest absolute Gasteiger partial charge is 0.352 e. The first-order chi connectivity index (χ1) is 14.6. The molecule has 0 aliphatic heterocycles. The molecule has 0 bridgehead atoms. The third-order valence-electron chi connectivity index (χ3n) is 5.22. The summed E-state index contributed by atoms with van der Waals surface area (Å²) in [5.74, 6) is -9.78. The van der Waals surface area contributed by atoms with Gasteiger partial charge in [-0.15, -0.1) is 0 Å². The predicted octanol–water partition coefficient (Wildman–Crippen LogP) is 0.344. The van der Waals surface area contributed by atoms with E-state index in [-0.39, 0.29) is 12.2 Å². The summed E-state index contributed by atoms with van der Waals surface area (Å²) in [6.07, 6.45) is -0.836. The molecule has 2 N–H and O–H groups in total. The quantitative estimate of drug-likeness (QED) is 0.404. The molecule has 178 valence electrons.